The van der Waals surface area contributed by atoms with Crippen molar-refractivity contribution in [2.24, 2.45) is 14.1 Å². The lowest BCUT2D eigenvalue weighted by molar-refractivity contribution is 0.741. The van der Waals surface area contributed by atoms with Crippen molar-refractivity contribution in [1.82, 2.24) is 18.3 Å². The van der Waals surface area contributed by atoms with Crippen LogP contribution in [0.2, 0.25) is 0 Å². The number of imidazole rings is 2. The molecule has 18 heavy (non-hydrogen) atoms. The van der Waals surface area contributed by atoms with Gasteiger partial charge in [0.15, 0.2) is 9.54 Å². The van der Waals surface area contributed by atoms with Crippen LogP contribution in [-0.2, 0) is 27.2 Å². The molecule has 0 aliphatic heterocycles. The highest BCUT2D eigenvalue weighted by Gasteiger charge is 1.94. The minimum Gasteiger partial charge on any atom is -0.327 e. The highest BCUT2D eigenvalue weighted by molar-refractivity contribution is 7.71. The molecule has 0 aliphatic rings. The minimum absolute atomic E-state index is 0.791. The van der Waals surface area contributed by atoms with Crippen molar-refractivity contribution in [3.63, 3.8) is 0 Å². The van der Waals surface area contributed by atoms with Crippen molar-refractivity contribution in [2.45, 2.75) is 13.1 Å². The van der Waals surface area contributed by atoms with E-state index in [9.17, 15) is 0 Å². The average Bonchev–Trinajstić information content (AvgIpc) is 2.83. The van der Waals surface area contributed by atoms with E-state index in [-0.39, 0.29) is 0 Å². The monoisotopic (exact) mass is 280 g/mol. The Hall–Kier alpha value is -1.40. The Morgan fingerprint density at radius 1 is 0.833 bits per heavy atom. The third-order valence-electron chi connectivity index (χ3n) is 2.81. The molecule has 0 unspecified atom stereocenters. The number of aryl methyl sites for hydroxylation is 2. The molecule has 0 spiro atoms. The lowest BCUT2D eigenvalue weighted by Crippen LogP contribution is -1.98. The zero-order chi connectivity index (χ0) is 13.1. The van der Waals surface area contributed by atoms with Crippen LogP contribution in [0.15, 0.2) is 36.9 Å². The third kappa shape index (κ3) is 2.70. The van der Waals surface area contributed by atoms with Crippen LogP contribution in [0.4, 0.5) is 0 Å². The molecule has 0 aromatic carbocycles. The van der Waals surface area contributed by atoms with Crippen LogP contribution in [0.5, 0.6) is 0 Å². The van der Waals surface area contributed by atoms with Gasteiger partial charge in [-0.05, 0) is 24.4 Å². The van der Waals surface area contributed by atoms with Crippen LogP contribution in [0.3, 0.4) is 0 Å². The molecule has 4 nitrogen and oxygen atoms in total. The van der Waals surface area contributed by atoms with Crippen molar-refractivity contribution in [2.75, 3.05) is 0 Å². The van der Waals surface area contributed by atoms with E-state index < -0.39 is 0 Å². The van der Waals surface area contributed by atoms with Gasteiger partial charge >= 0.3 is 0 Å². The van der Waals surface area contributed by atoms with E-state index in [0.717, 1.165) is 22.6 Å². The number of allylic oxidation sites excluding steroid dienone is 2. The van der Waals surface area contributed by atoms with Gasteiger partial charge in [0.2, 0.25) is 0 Å². The van der Waals surface area contributed by atoms with Crippen molar-refractivity contribution in [3.8, 4) is 0 Å². The molecule has 0 saturated carbocycles. The van der Waals surface area contributed by atoms with Gasteiger partial charge in [-0.25, -0.2) is 0 Å². The van der Waals surface area contributed by atoms with Gasteiger partial charge in [-0.3, -0.25) is 0 Å². The Bertz CT molecular complexity index is 611. The Balaban J connectivity index is 1.97. The maximum Gasteiger partial charge on any atom is 0.179 e. The summed E-state index contributed by atoms with van der Waals surface area (Å²) in [6.07, 6.45) is 12.1. The molecule has 6 heteroatoms. The molecule has 0 radical (unpaired) electrons. The van der Waals surface area contributed by atoms with Crippen molar-refractivity contribution >= 4 is 24.4 Å². The van der Waals surface area contributed by atoms with E-state index in [0.29, 0.717) is 0 Å². The molecule has 0 N–H and O–H groups in total. The molecule has 0 bridgehead atoms. The SMILES string of the molecule is Cn1ccn(C/C=C/Cn2ccn(C)c2=S)c1=S. The average molecular weight is 280 g/mol. The summed E-state index contributed by atoms with van der Waals surface area (Å²) in [5.74, 6) is 0. The van der Waals surface area contributed by atoms with Crippen LogP contribution in [0.25, 0.3) is 0 Å². The van der Waals surface area contributed by atoms with Crippen molar-refractivity contribution < 1.29 is 0 Å². The molecule has 2 heterocycles. The second-order valence-electron chi connectivity index (χ2n) is 4.16. The fourth-order valence-electron chi connectivity index (χ4n) is 1.68. The molecule has 2 rings (SSSR count). The van der Waals surface area contributed by atoms with Crippen molar-refractivity contribution in [3.05, 3.63) is 46.5 Å². The first-order valence-electron chi connectivity index (χ1n) is 5.68. The van der Waals surface area contributed by atoms with Gasteiger partial charge in [-0.15, -0.1) is 0 Å². The molecule has 0 atom stereocenters. The summed E-state index contributed by atoms with van der Waals surface area (Å²) < 4.78 is 9.56. The molecular formula is C12H16N4S2. The number of hydrogen-bond donors (Lipinski definition) is 0. The number of hydrogen-bond acceptors (Lipinski definition) is 2. The molecular weight excluding hydrogens is 264 g/mol. The minimum atomic E-state index is 0.791. The van der Waals surface area contributed by atoms with Crippen LogP contribution < -0.4 is 0 Å². The summed E-state index contributed by atoms with van der Waals surface area (Å²) >= 11 is 10.5. The van der Waals surface area contributed by atoms with E-state index >= 15 is 0 Å². The first-order valence-corrected chi connectivity index (χ1v) is 6.50. The fraction of sp³-hybridized carbons (Fsp3) is 0.333. The second-order valence-corrected chi connectivity index (χ2v) is 4.89. The Morgan fingerprint density at radius 2 is 1.22 bits per heavy atom. The molecule has 0 fully saturated rings. The standard InChI is InChI=1S/C12H16N4S2/c1-13-7-9-15(11(13)17)5-3-4-6-16-10-8-14(2)12(16)18/h3-4,7-10H,5-6H2,1-2H3/b4-3+. The maximum absolute atomic E-state index is 5.26. The van der Waals surface area contributed by atoms with Crippen molar-refractivity contribution in [1.29, 1.82) is 0 Å². The maximum atomic E-state index is 5.26. The smallest absolute Gasteiger partial charge is 0.179 e. The van der Waals surface area contributed by atoms with Gasteiger partial charge in [0, 0.05) is 52.0 Å². The van der Waals surface area contributed by atoms with Gasteiger partial charge in [0.05, 0.1) is 0 Å². The summed E-state index contributed by atoms with van der Waals surface area (Å²) in [6.45, 7) is 1.58. The summed E-state index contributed by atoms with van der Waals surface area (Å²) in [4.78, 5) is 0. The molecule has 2 aromatic rings. The summed E-state index contributed by atoms with van der Waals surface area (Å²) in [5.41, 5.74) is 0. The second kappa shape index (κ2) is 5.49. The lowest BCUT2D eigenvalue weighted by Gasteiger charge is -1.98. The first-order chi connectivity index (χ1) is 8.59. The van der Waals surface area contributed by atoms with Crippen LogP contribution in [0.1, 0.15) is 0 Å². The Kier molecular flexibility index (Phi) is 3.98. The van der Waals surface area contributed by atoms with Gasteiger partial charge in [0.25, 0.3) is 0 Å². The van der Waals surface area contributed by atoms with Gasteiger partial charge in [-0.1, -0.05) is 12.2 Å². The number of aromatic nitrogens is 4. The van der Waals surface area contributed by atoms with E-state index in [4.69, 9.17) is 24.4 Å². The highest BCUT2D eigenvalue weighted by atomic mass is 32.1. The normalized spacial score (nSPS) is 11.4. The van der Waals surface area contributed by atoms with Crippen LogP contribution >= 0.6 is 24.4 Å². The molecule has 0 amide bonds. The quantitative estimate of drug-likeness (QED) is 0.634. The lowest BCUT2D eigenvalue weighted by atomic mass is 10.4. The summed E-state index contributed by atoms with van der Waals surface area (Å²) in [7, 11) is 3.90. The highest BCUT2D eigenvalue weighted by Crippen LogP contribution is 1.98. The predicted octanol–water partition coefficient (Wildman–Crippen LogP) is 2.68. The predicted molar refractivity (Wildman–Crippen MR) is 77.6 cm³/mol. The first kappa shape index (κ1) is 13.0. The largest absolute Gasteiger partial charge is 0.327 e. The van der Waals surface area contributed by atoms with Gasteiger partial charge in [-0.2, -0.15) is 0 Å². The topological polar surface area (TPSA) is 19.7 Å². The summed E-state index contributed by atoms with van der Waals surface area (Å²) in [6, 6.07) is 0. The Labute approximate surface area is 116 Å². The fourth-order valence-corrected chi connectivity index (χ4v) is 2.07. The molecule has 0 saturated heterocycles. The number of nitrogens with zero attached hydrogens (tertiary/aromatic N) is 4. The van der Waals surface area contributed by atoms with Gasteiger partial charge < -0.3 is 18.3 Å². The van der Waals surface area contributed by atoms with Gasteiger partial charge in [0.1, 0.15) is 0 Å². The summed E-state index contributed by atoms with van der Waals surface area (Å²) in [5, 5.41) is 0. The van der Waals surface area contributed by atoms with E-state index in [1.807, 2.05) is 57.2 Å². The van der Waals surface area contributed by atoms with Crippen LogP contribution in [-0.4, -0.2) is 18.3 Å². The zero-order valence-electron chi connectivity index (χ0n) is 10.5. The zero-order valence-corrected chi connectivity index (χ0v) is 12.1. The molecule has 2 aromatic heterocycles. The third-order valence-corrected chi connectivity index (χ3v) is 3.85. The molecule has 0 aliphatic carbocycles. The van der Waals surface area contributed by atoms with E-state index in [1.165, 1.54) is 0 Å². The molecule has 96 valence electrons. The van der Waals surface area contributed by atoms with Crippen LogP contribution in [0, 0.1) is 9.54 Å². The van der Waals surface area contributed by atoms with E-state index in [2.05, 4.69) is 12.2 Å². The number of rotatable bonds is 4. The van der Waals surface area contributed by atoms with E-state index in [1.54, 1.807) is 0 Å². The Morgan fingerprint density at radius 3 is 1.50 bits per heavy atom.